The highest BCUT2D eigenvalue weighted by Crippen LogP contribution is 2.29. The van der Waals surface area contributed by atoms with Crippen molar-refractivity contribution in [1.82, 2.24) is 0 Å². The number of hydrogen-bond donors (Lipinski definition) is 1. The molecule has 2 aromatic carbocycles. The lowest BCUT2D eigenvalue weighted by Gasteiger charge is -2.07. The van der Waals surface area contributed by atoms with Crippen molar-refractivity contribution in [2.45, 2.75) is 6.92 Å². The first-order valence-electron chi connectivity index (χ1n) is 5.28. The fourth-order valence-electron chi connectivity index (χ4n) is 1.71. The van der Waals surface area contributed by atoms with Gasteiger partial charge in [0.25, 0.3) is 0 Å². The summed E-state index contributed by atoms with van der Waals surface area (Å²) in [5.41, 5.74) is 1.90. The van der Waals surface area contributed by atoms with Gasteiger partial charge in [-0.15, -0.1) is 0 Å². The van der Waals surface area contributed by atoms with Gasteiger partial charge in [0.15, 0.2) is 0 Å². The molecule has 0 amide bonds. The van der Waals surface area contributed by atoms with Crippen molar-refractivity contribution < 1.29 is 14.3 Å². The molecule has 0 saturated carbocycles. The van der Waals surface area contributed by atoms with Crippen LogP contribution in [0.25, 0.3) is 11.1 Å². The summed E-state index contributed by atoms with van der Waals surface area (Å²) in [5.74, 6) is -2.05. The standard InChI is InChI=1S/C14H10ClFO2/c1-8-2-4-10(12(15)6-8)9-3-5-11(14(17)18)13(16)7-9/h2-7H,1H3,(H,17,18). The molecule has 2 aromatic rings. The van der Waals surface area contributed by atoms with Crippen molar-refractivity contribution >= 4 is 17.6 Å². The van der Waals surface area contributed by atoms with Crippen LogP contribution >= 0.6 is 11.6 Å². The van der Waals surface area contributed by atoms with Crippen molar-refractivity contribution in [3.63, 3.8) is 0 Å². The van der Waals surface area contributed by atoms with E-state index in [2.05, 4.69) is 0 Å². The van der Waals surface area contributed by atoms with Crippen LogP contribution in [0.1, 0.15) is 15.9 Å². The molecule has 0 radical (unpaired) electrons. The first-order chi connectivity index (χ1) is 8.49. The molecule has 2 nitrogen and oxygen atoms in total. The van der Waals surface area contributed by atoms with Gasteiger partial charge >= 0.3 is 5.97 Å². The van der Waals surface area contributed by atoms with E-state index in [1.165, 1.54) is 12.1 Å². The maximum atomic E-state index is 13.6. The molecule has 0 aliphatic heterocycles. The van der Waals surface area contributed by atoms with Gasteiger partial charge in [0.1, 0.15) is 5.82 Å². The first-order valence-corrected chi connectivity index (χ1v) is 5.66. The highest BCUT2D eigenvalue weighted by molar-refractivity contribution is 6.33. The predicted molar refractivity (Wildman–Crippen MR) is 68.5 cm³/mol. The summed E-state index contributed by atoms with van der Waals surface area (Å²) in [5, 5.41) is 9.26. The number of rotatable bonds is 2. The van der Waals surface area contributed by atoms with E-state index in [4.69, 9.17) is 16.7 Å². The Balaban J connectivity index is 2.52. The molecule has 0 unspecified atom stereocenters. The Hall–Kier alpha value is -1.87. The second kappa shape index (κ2) is 4.78. The number of halogens is 2. The van der Waals surface area contributed by atoms with E-state index in [1.807, 2.05) is 13.0 Å². The zero-order chi connectivity index (χ0) is 13.3. The summed E-state index contributed by atoms with van der Waals surface area (Å²) in [6, 6.07) is 9.39. The number of benzene rings is 2. The Bertz CT molecular complexity index is 623. The second-order valence-corrected chi connectivity index (χ2v) is 4.39. The summed E-state index contributed by atoms with van der Waals surface area (Å²) < 4.78 is 13.6. The predicted octanol–water partition coefficient (Wildman–Crippen LogP) is 4.15. The van der Waals surface area contributed by atoms with Crippen molar-refractivity contribution in [3.05, 3.63) is 58.4 Å². The van der Waals surface area contributed by atoms with Gasteiger partial charge in [-0.2, -0.15) is 0 Å². The monoisotopic (exact) mass is 264 g/mol. The molecule has 0 aliphatic carbocycles. The SMILES string of the molecule is Cc1ccc(-c2ccc(C(=O)O)c(F)c2)c(Cl)c1. The second-order valence-electron chi connectivity index (χ2n) is 3.98. The number of aryl methyl sites for hydroxylation is 1. The molecule has 0 fully saturated rings. The zero-order valence-corrected chi connectivity index (χ0v) is 10.3. The van der Waals surface area contributed by atoms with E-state index in [9.17, 15) is 9.18 Å². The van der Waals surface area contributed by atoms with Crippen molar-refractivity contribution in [3.8, 4) is 11.1 Å². The molecular formula is C14H10ClFO2. The van der Waals surface area contributed by atoms with Crippen molar-refractivity contribution in [2.24, 2.45) is 0 Å². The maximum Gasteiger partial charge on any atom is 0.338 e. The molecule has 0 aromatic heterocycles. The van der Waals surface area contributed by atoms with E-state index in [1.54, 1.807) is 18.2 Å². The lowest BCUT2D eigenvalue weighted by molar-refractivity contribution is 0.0692. The number of carboxylic acids is 1. The molecule has 2 rings (SSSR count). The van der Waals surface area contributed by atoms with Crippen LogP contribution in [0.4, 0.5) is 4.39 Å². The molecular weight excluding hydrogens is 255 g/mol. The molecule has 0 aliphatic rings. The largest absolute Gasteiger partial charge is 0.478 e. The average molecular weight is 265 g/mol. The highest BCUT2D eigenvalue weighted by Gasteiger charge is 2.12. The van der Waals surface area contributed by atoms with Crippen LogP contribution in [0.2, 0.25) is 5.02 Å². The topological polar surface area (TPSA) is 37.3 Å². The van der Waals surface area contributed by atoms with E-state index >= 15 is 0 Å². The highest BCUT2D eigenvalue weighted by atomic mass is 35.5. The minimum Gasteiger partial charge on any atom is -0.478 e. The van der Waals surface area contributed by atoms with E-state index in [0.29, 0.717) is 16.1 Å². The zero-order valence-electron chi connectivity index (χ0n) is 9.58. The summed E-state index contributed by atoms with van der Waals surface area (Å²) >= 11 is 6.08. The normalized spacial score (nSPS) is 10.4. The lowest BCUT2D eigenvalue weighted by Crippen LogP contribution is -2.00. The third-order valence-electron chi connectivity index (χ3n) is 2.64. The van der Waals surface area contributed by atoms with Gasteiger partial charge in [-0.25, -0.2) is 9.18 Å². The minimum absolute atomic E-state index is 0.345. The molecule has 92 valence electrons. The fraction of sp³-hybridized carbons (Fsp3) is 0.0714. The number of carbonyl (C=O) groups is 1. The van der Waals surface area contributed by atoms with Crippen LogP contribution in [0.15, 0.2) is 36.4 Å². The lowest BCUT2D eigenvalue weighted by atomic mass is 10.0. The van der Waals surface area contributed by atoms with Crippen molar-refractivity contribution in [2.75, 3.05) is 0 Å². The van der Waals surface area contributed by atoms with Crippen molar-refractivity contribution in [1.29, 1.82) is 0 Å². The Morgan fingerprint density at radius 1 is 1.22 bits per heavy atom. The average Bonchev–Trinajstić information content (AvgIpc) is 2.28. The number of aromatic carboxylic acids is 1. The summed E-state index contributed by atoms with van der Waals surface area (Å²) in [6.45, 7) is 1.91. The van der Waals surface area contributed by atoms with Crippen LogP contribution < -0.4 is 0 Å². The quantitative estimate of drug-likeness (QED) is 0.885. The smallest absolute Gasteiger partial charge is 0.338 e. The molecule has 0 bridgehead atoms. The third kappa shape index (κ3) is 2.36. The molecule has 1 N–H and O–H groups in total. The Morgan fingerprint density at radius 3 is 2.50 bits per heavy atom. The van der Waals surface area contributed by atoms with E-state index < -0.39 is 11.8 Å². The molecule has 0 spiro atoms. The van der Waals surface area contributed by atoms with Crippen LogP contribution in [0.5, 0.6) is 0 Å². The fourth-order valence-corrected chi connectivity index (χ4v) is 2.05. The summed E-state index contributed by atoms with van der Waals surface area (Å²) in [4.78, 5) is 10.7. The number of carboxylic acid groups (broad SMARTS) is 1. The van der Waals surface area contributed by atoms with E-state index in [-0.39, 0.29) is 5.56 Å². The summed E-state index contributed by atoms with van der Waals surface area (Å²) in [6.07, 6.45) is 0. The van der Waals surface area contributed by atoms with Crippen LogP contribution in [-0.4, -0.2) is 11.1 Å². The molecule has 0 saturated heterocycles. The molecule has 0 heterocycles. The Kier molecular flexibility index (Phi) is 3.34. The van der Waals surface area contributed by atoms with Gasteiger partial charge in [0, 0.05) is 10.6 Å². The van der Waals surface area contributed by atoms with Gasteiger partial charge in [-0.05, 0) is 36.2 Å². The number of hydrogen-bond acceptors (Lipinski definition) is 1. The Morgan fingerprint density at radius 2 is 1.94 bits per heavy atom. The molecule has 18 heavy (non-hydrogen) atoms. The van der Waals surface area contributed by atoms with Gasteiger partial charge in [-0.1, -0.05) is 29.8 Å². The third-order valence-corrected chi connectivity index (χ3v) is 2.95. The van der Waals surface area contributed by atoms with Gasteiger partial charge in [0.2, 0.25) is 0 Å². The van der Waals surface area contributed by atoms with Crippen LogP contribution in [0.3, 0.4) is 0 Å². The van der Waals surface area contributed by atoms with Gasteiger partial charge in [-0.3, -0.25) is 0 Å². The molecule has 0 atom stereocenters. The Labute approximate surface area is 109 Å². The minimum atomic E-state index is -1.28. The van der Waals surface area contributed by atoms with Crippen LogP contribution in [0, 0.1) is 12.7 Å². The van der Waals surface area contributed by atoms with Crippen LogP contribution in [-0.2, 0) is 0 Å². The van der Waals surface area contributed by atoms with Gasteiger partial charge < -0.3 is 5.11 Å². The summed E-state index contributed by atoms with van der Waals surface area (Å²) in [7, 11) is 0. The van der Waals surface area contributed by atoms with Gasteiger partial charge in [0.05, 0.1) is 5.56 Å². The van der Waals surface area contributed by atoms with E-state index in [0.717, 1.165) is 5.56 Å². The maximum absolute atomic E-state index is 13.6. The molecule has 4 heteroatoms. The first kappa shape index (κ1) is 12.6.